The van der Waals surface area contributed by atoms with E-state index in [0.717, 1.165) is 29.5 Å². The molecule has 1 aliphatic carbocycles. The minimum atomic E-state index is -2.89. The van der Waals surface area contributed by atoms with Crippen LogP contribution in [-0.4, -0.2) is 49.7 Å². The molecule has 9 heteroatoms. The first kappa shape index (κ1) is 25.4. The number of hydrogen-bond acceptors (Lipinski definition) is 5. The molecule has 0 bridgehead atoms. The molecule has 1 heterocycles. The zero-order valence-electron chi connectivity index (χ0n) is 20.2. The lowest BCUT2D eigenvalue weighted by Gasteiger charge is -2.26. The zero-order chi connectivity index (χ0) is 26.0. The van der Waals surface area contributed by atoms with Gasteiger partial charge in [0.25, 0.3) is 5.91 Å². The van der Waals surface area contributed by atoms with E-state index in [4.69, 9.17) is 11.6 Å². The highest BCUT2D eigenvalue weighted by atomic mass is 35.5. The van der Waals surface area contributed by atoms with Crippen LogP contribution in [0.5, 0.6) is 0 Å². The lowest BCUT2D eigenvalue weighted by atomic mass is 10.0. The molecule has 3 aromatic rings. The average Bonchev–Trinajstić information content (AvgIpc) is 3.74. The quantitative estimate of drug-likeness (QED) is 0.450. The summed E-state index contributed by atoms with van der Waals surface area (Å²) in [5.41, 5.74) is 4.59. The Morgan fingerprint density at radius 3 is 2.16 bits per heavy atom. The van der Waals surface area contributed by atoms with Crippen LogP contribution < -0.4 is 10.6 Å². The molecule has 5 rings (SSSR count). The summed E-state index contributed by atoms with van der Waals surface area (Å²) in [7, 11) is -2.89. The largest absolute Gasteiger partial charge is 0.326 e. The molecule has 2 aliphatic rings. The van der Waals surface area contributed by atoms with Crippen molar-refractivity contribution < 1.29 is 18.0 Å². The summed E-state index contributed by atoms with van der Waals surface area (Å²) in [5.74, 6) is 0.333. The maximum atomic E-state index is 12.8. The van der Waals surface area contributed by atoms with Gasteiger partial charge in [-0.15, -0.1) is 0 Å². The summed E-state index contributed by atoms with van der Waals surface area (Å²) in [6, 6.07) is 20.2. The highest BCUT2D eigenvalue weighted by Crippen LogP contribution is 2.33. The van der Waals surface area contributed by atoms with Gasteiger partial charge in [0.2, 0.25) is 5.91 Å². The van der Waals surface area contributed by atoms with E-state index in [1.54, 1.807) is 24.3 Å². The molecule has 0 spiro atoms. The third-order valence-electron chi connectivity index (χ3n) is 6.70. The molecule has 2 fully saturated rings. The summed E-state index contributed by atoms with van der Waals surface area (Å²) in [5, 5.41) is 6.41. The molecule has 0 radical (unpaired) electrons. The second-order valence-corrected chi connectivity index (χ2v) is 12.3. The number of rotatable bonds is 7. The van der Waals surface area contributed by atoms with Crippen LogP contribution in [0.1, 0.15) is 28.8 Å². The molecule has 37 heavy (non-hydrogen) atoms. The Morgan fingerprint density at radius 2 is 1.51 bits per heavy atom. The fourth-order valence-corrected chi connectivity index (χ4v) is 5.78. The Hall–Kier alpha value is -3.20. The molecule has 0 aromatic heterocycles. The monoisotopic (exact) mass is 537 g/mol. The number of amides is 2. The van der Waals surface area contributed by atoms with Crippen molar-refractivity contribution in [2.75, 3.05) is 35.2 Å². The Bertz CT molecular complexity index is 1400. The van der Waals surface area contributed by atoms with Gasteiger partial charge in [0.1, 0.15) is 0 Å². The maximum Gasteiger partial charge on any atom is 0.255 e. The molecule has 1 saturated carbocycles. The third-order valence-corrected chi connectivity index (χ3v) is 8.63. The van der Waals surface area contributed by atoms with Gasteiger partial charge in [-0.25, -0.2) is 8.42 Å². The van der Waals surface area contributed by atoms with Gasteiger partial charge in [-0.2, -0.15) is 0 Å². The smallest absolute Gasteiger partial charge is 0.255 e. The molecular weight excluding hydrogens is 510 g/mol. The van der Waals surface area contributed by atoms with Gasteiger partial charge < -0.3 is 10.6 Å². The Labute approximate surface area is 221 Å². The number of halogens is 1. The van der Waals surface area contributed by atoms with Crippen molar-refractivity contribution in [2.45, 2.75) is 19.4 Å². The van der Waals surface area contributed by atoms with E-state index in [2.05, 4.69) is 15.5 Å². The van der Waals surface area contributed by atoms with E-state index in [0.29, 0.717) is 41.6 Å². The van der Waals surface area contributed by atoms with E-state index in [-0.39, 0.29) is 29.2 Å². The first-order valence-electron chi connectivity index (χ1n) is 12.3. The summed E-state index contributed by atoms with van der Waals surface area (Å²) in [6.07, 6.45) is 1.87. The minimum absolute atomic E-state index is 0.0373. The van der Waals surface area contributed by atoms with Crippen LogP contribution >= 0.6 is 11.6 Å². The highest BCUT2D eigenvalue weighted by Gasteiger charge is 2.29. The van der Waals surface area contributed by atoms with Gasteiger partial charge in [0.05, 0.1) is 11.5 Å². The van der Waals surface area contributed by atoms with Crippen LogP contribution in [0.4, 0.5) is 11.4 Å². The molecule has 1 saturated heterocycles. The molecule has 7 nitrogen and oxygen atoms in total. The van der Waals surface area contributed by atoms with E-state index in [9.17, 15) is 18.0 Å². The van der Waals surface area contributed by atoms with Crippen molar-refractivity contribution in [3.63, 3.8) is 0 Å². The number of anilines is 2. The molecule has 2 amide bonds. The molecule has 3 aromatic carbocycles. The van der Waals surface area contributed by atoms with E-state index >= 15 is 0 Å². The van der Waals surface area contributed by atoms with Crippen molar-refractivity contribution in [3.05, 3.63) is 82.9 Å². The number of carbonyl (C=O) groups is 2. The summed E-state index contributed by atoms with van der Waals surface area (Å²) >= 11 is 6.42. The Kier molecular flexibility index (Phi) is 7.33. The number of sulfone groups is 1. The number of benzene rings is 3. The van der Waals surface area contributed by atoms with Gasteiger partial charge >= 0.3 is 0 Å². The molecule has 1 aliphatic heterocycles. The average molecular weight is 538 g/mol. The van der Waals surface area contributed by atoms with Crippen molar-refractivity contribution in [1.29, 1.82) is 0 Å². The van der Waals surface area contributed by atoms with Crippen molar-refractivity contribution in [1.82, 2.24) is 4.90 Å². The van der Waals surface area contributed by atoms with Crippen LogP contribution in [-0.2, 0) is 21.2 Å². The van der Waals surface area contributed by atoms with Gasteiger partial charge in [0.15, 0.2) is 9.84 Å². The molecule has 2 N–H and O–H groups in total. The van der Waals surface area contributed by atoms with E-state index < -0.39 is 9.84 Å². The minimum Gasteiger partial charge on any atom is -0.326 e. The van der Waals surface area contributed by atoms with Gasteiger partial charge in [-0.3, -0.25) is 14.5 Å². The van der Waals surface area contributed by atoms with Gasteiger partial charge in [0, 0.05) is 53.1 Å². The predicted octanol–water partition coefficient (Wildman–Crippen LogP) is 4.84. The lowest BCUT2D eigenvalue weighted by Crippen LogP contribution is -2.39. The van der Waals surface area contributed by atoms with Crippen LogP contribution in [0.2, 0.25) is 5.02 Å². The van der Waals surface area contributed by atoms with Crippen LogP contribution in [0, 0.1) is 5.92 Å². The second kappa shape index (κ2) is 10.7. The highest BCUT2D eigenvalue weighted by molar-refractivity contribution is 7.91. The van der Waals surface area contributed by atoms with Gasteiger partial charge in [-0.1, -0.05) is 35.9 Å². The third kappa shape index (κ3) is 6.57. The molecule has 0 atom stereocenters. The molecule has 192 valence electrons. The fraction of sp³-hybridized carbons (Fsp3) is 0.286. The van der Waals surface area contributed by atoms with E-state index in [1.807, 2.05) is 42.5 Å². The van der Waals surface area contributed by atoms with Crippen molar-refractivity contribution in [3.8, 4) is 11.1 Å². The van der Waals surface area contributed by atoms with Crippen molar-refractivity contribution in [2.24, 2.45) is 5.92 Å². The number of nitrogens with zero attached hydrogens (tertiary/aromatic N) is 1. The van der Waals surface area contributed by atoms with Crippen LogP contribution in [0.3, 0.4) is 0 Å². The number of hydrogen-bond donors (Lipinski definition) is 2. The normalized spacial score (nSPS) is 17.2. The summed E-state index contributed by atoms with van der Waals surface area (Å²) < 4.78 is 23.2. The predicted molar refractivity (Wildman–Crippen MR) is 147 cm³/mol. The summed E-state index contributed by atoms with van der Waals surface area (Å²) in [4.78, 5) is 27.0. The first-order valence-corrected chi connectivity index (χ1v) is 14.5. The van der Waals surface area contributed by atoms with Crippen molar-refractivity contribution >= 4 is 44.6 Å². The Balaban J connectivity index is 1.19. The zero-order valence-corrected chi connectivity index (χ0v) is 21.8. The molecular formula is C28H28ClN3O4S. The summed E-state index contributed by atoms with van der Waals surface area (Å²) in [6.45, 7) is 1.77. The topological polar surface area (TPSA) is 95.6 Å². The van der Waals surface area contributed by atoms with Crippen LogP contribution in [0.15, 0.2) is 66.7 Å². The van der Waals surface area contributed by atoms with E-state index in [1.165, 1.54) is 0 Å². The molecule has 0 unspecified atom stereocenters. The second-order valence-electron chi connectivity index (χ2n) is 9.61. The SMILES string of the molecule is O=C(Nc1ccc(CN2CCS(=O)(=O)CC2)cc1)c1ccc(-c2cc(NC(=O)C3CC3)ccc2Cl)cc1. The maximum absolute atomic E-state index is 12.8. The van der Waals surface area contributed by atoms with Crippen LogP contribution in [0.25, 0.3) is 11.1 Å². The number of carbonyl (C=O) groups excluding carboxylic acids is 2. The standard InChI is InChI=1S/C28H28ClN3O4S/c29-26-12-11-24(31-28(34)22-7-8-22)17-25(26)20-3-5-21(6-4-20)27(33)30-23-9-1-19(2-10-23)18-32-13-15-37(35,36)16-14-32/h1-6,9-12,17,22H,7-8,13-16,18H2,(H,30,33)(H,31,34). The van der Waals surface area contributed by atoms with Gasteiger partial charge in [-0.05, 0) is 66.4 Å². The Morgan fingerprint density at radius 1 is 0.865 bits per heavy atom. The fourth-order valence-electron chi connectivity index (χ4n) is 4.28. The lowest BCUT2D eigenvalue weighted by molar-refractivity contribution is -0.117. The number of nitrogens with one attached hydrogen (secondary N) is 2. The first-order chi connectivity index (χ1) is 17.8.